The Morgan fingerprint density at radius 2 is 1.85 bits per heavy atom. The van der Waals surface area contributed by atoms with Crippen molar-refractivity contribution in [2.75, 3.05) is 12.3 Å². The second-order valence-corrected chi connectivity index (χ2v) is 8.40. The summed E-state index contributed by atoms with van der Waals surface area (Å²) in [7, 11) is 0. The third kappa shape index (κ3) is 4.29. The van der Waals surface area contributed by atoms with Gasteiger partial charge < -0.3 is 10.6 Å². The van der Waals surface area contributed by atoms with Crippen LogP contribution in [0.4, 0.5) is 5.95 Å². The van der Waals surface area contributed by atoms with E-state index in [1.165, 1.54) is 0 Å². The molecule has 1 atom stereocenters. The maximum atomic E-state index is 13.7. The number of aromatic nitrogens is 5. The first-order valence-electron chi connectivity index (χ1n) is 10.7. The van der Waals surface area contributed by atoms with E-state index in [9.17, 15) is 4.79 Å². The summed E-state index contributed by atoms with van der Waals surface area (Å²) < 4.78 is 1.77. The average molecular weight is 460 g/mol. The normalized spacial score (nSPS) is 16.0. The molecule has 0 bridgehead atoms. The molecular formula is C24H22ClN7O. The Morgan fingerprint density at radius 3 is 2.64 bits per heavy atom. The summed E-state index contributed by atoms with van der Waals surface area (Å²) in [6.45, 7) is 0.643. The standard InChI is InChI=1S/C24H22ClN7O/c25-18-9-7-16(8-10-18)20-13-27-24(26)30-22(20)21-6-1-2-11-32(21)23(33)17-4-3-5-19(12-17)31-14-28-29-15-31/h3-5,7-10,12-15,21H,1-2,6,11H2,(H2,26,27,30)/t21-/m0/s1. The van der Waals surface area contributed by atoms with E-state index >= 15 is 0 Å². The van der Waals surface area contributed by atoms with Crippen LogP contribution in [0.1, 0.15) is 41.4 Å². The number of halogens is 1. The number of hydrogen-bond acceptors (Lipinski definition) is 6. The van der Waals surface area contributed by atoms with Crippen LogP contribution in [-0.2, 0) is 0 Å². The van der Waals surface area contributed by atoms with Gasteiger partial charge >= 0.3 is 0 Å². The van der Waals surface area contributed by atoms with E-state index in [1.54, 1.807) is 23.4 Å². The van der Waals surface area contributed by atoms with E-state index in [0.717, 1.165) is 41.8 Å². The molecule has 0 spiro atoms. The van der Waals surface area contributed by atoms with E-state index < -0.39 is 0 Å². The molecule has 33 heavy (non-hydrogen) atoms. The third-order valence-electron chi connectivity index (χ3n) is 5.88. The molecule has 0 radical (unpaired) electrons. The Hall–Kier alpha value is -3.78. The number of nitrogen functional groups attached to an aromatic ring is 1. The maximum absolute atomic E-state index is 13.7. The number of anilines is 1. The summed E-state index contributed by atoms with van der Waals surface area (Å²) in [6, 6.07) is 14.8. The molecule has 4 aromatic rings. The predicted octanol–water partition coefficient (Wildman–Crippen LogP) is 4.33. The first-order chi connectivity index (χ1) is 16.1. The number of likely N-dealkylation sites (tertiary alicyclic amines) is 1. The molecule has 1 aliphatic heterocycles. The maximum Gasteiger partial charge on any atom is 0.254 e. The van der Waals surface area contributed by atoms with Crippen LogP contribution >= 0.6 is 11.6 Å². The number of piperidine rings is 1. The van der Waals surface area contributed by atoms with Crippen molar-refractivity contribution in [1.82, 2.24) is 29.6 Å². The highest BCUT2D eigenvalue weighted by Crippen LogP contribution is 2.37. The molecular weight excluding hydrogens is 438 g/mol. The summed E-state index contributed by atoms with van der Waals surface area (Å²) in [4.78, 5) is 24.4. The van der Waals surface area contributed by atoms with Crippen LogP contribution in [0.15, 0.2) is 67.4 Å². The zero-order chi connectivity index (χ0) is 22.8. The topological polar surface area (TPSA) is 103 Å². The molecule has 3 heterocycles. The summed E-state index contributed by atoms with van der Waals surface area (Å²) in [6.07, 6.45) is 7.67. The quantitative estimate of drug-likeness (QED) is 0.487. The summed E-state index contributed by atoms with van der Waals surface area (Å²) in [5.41, 5.74) is 9.95. The minimum atomic E-state index is -0.208. The van der Waals surface area contributed by atoms with Gasteiger partial charge in [-0.2, -0.15) is 0 Å². The van der Waals surface area contributed by atoms with Crippen LogP contribution in [0.2, 0.25) is 5.02 Å². The first kappa shape index (κ1) is 21.1. The van der Waals surface area contributed by atoms with Gasteiger partial charge in [0.05, 0.1) is 11.7 Å². The van der Waals surface area contributed by atoms with Crippen LogP contribution in [0.3, 0.4) is 0 Å². The van der Waals surface area contributed by atoms with E-state index in [4.69, 9.17) is 17.3 Å². The van der Waals surface area contributed by atoms with Crippen molar-refractivity contribution < 1.29 is 4.79 Å². The highest BCUT2D eigenvalue weighted by atomic mass is 35.5. The van der Waals surface area contributed by atoms with Crippen molar-refractivity contribution in [3.05, 3.63) is 83.7 Å². The molecule has 0 aliphatic carbocycles. The van der Waals surface area contributed by atoms with Crippen LogP contribution in [0.5, 0.6) is 0 Å². The Morgan fingerprint density at radius 1 is 1.06 bits per heavy atom. The van der Waals surface area contributed by atoms with Gasteiger partial charge in [-0.05, 0) is 55.2 Å². The number of carbonyl (C=O) groups excluding carboxylic acids is 1. The van der Waals surface area contributed by atoms with Crippen molar-refractivity contribution in [1.29, 1.82) is 0 Å². The Balaban J connectivity index is 1.53. The molecule has 8 nitrogen and oxygen atoms in total. The highest BCUT2D eigenvalue weighted by molar-refractivity contribution is 6.30. The minimum Gasteiger partial charge on any atom is -0.368 e. The summed E-state index contributed by atoms with van der Waals surface area (Å²) in [5.74, 6) is 0.143. The van der Waals surface area contributed by atoms with Gasteiger partial charge in [-0.25, -0.2) is 9.97 Å². The third-order valence-corrected chi connectivity index (χ3v) is 6.13. The molecule has 5 rings (SSSR count). The Kier molecular flexibility index (Phi) is 5.75. The zero-order valence-corrected chi connectivity index (χ0v) is 18.6. The van der Waals surface area contributed by atoms with Crippen LogP contribution in [-0.4, -0.2) is 42.1 Å². The number of hydrogen-bond donors (Lipinski definition) is 1. The van der Waals surface area contributed by atoms with Crippen molar-refractivity contribution in [2.24, 2.45) is 0 Å². The van der Waals surface area contributed by atoms with Crippen LogP contribution in [0, 0.1) is 0 Å². The number of amides is 1. The second kappa shape index (κ2) is 8.99. The van der Waals surface area contributed by atoms with Crippen LogP contribution < -0.4 is 5.73 Å². The highest BCUT2D eigenvalue weighted by Gasteiger charge is 2.32. The lowest BCUT2D eigenvalue weighted by Crippen LogP contribution is -2.39. The van der Waals surface area contributed by atoms with Gasteiger partial charge in [0.2, 0.25) is 5.95 Å². The van der Waals surface area contributed by atoms with E-state index in [0.29, 0.717) is 17.1 Å². The fourth-order valence-electron chi connectivity index (χ4n) is 4.27. The second-order valence-electron chi connectivity index (χ2n) is 7.96. The van der Waals surface area contributed by atoms with E-state index in [2.05, 4.69) is 20.2 Å². The average Bonchev–Trinajstić information content (AvgIpc) is 3.40. The van der Waals surface area contributed by atoms with Gasteiger partial charge in [-0.15, -0.1) is 10.2 Å². The molecule has 1 fully saturated rings. The number of nitrogens with zero attached hydrogens (tertiary/aromatic N) is 6. The first-order valence-corrected chi connectivity index (χ1v) is 11.1. The smallest absolute Gasteiger partial charge is 0.254 e. The van der Waals surface area contributed by atoms with Crippen molar-refractivity contribution in [2.45, 2.75) is 25.3 Å². The lowest BCUT2D eigenvalue weighted by molar-refractivity contribution is 0.0607. The van der Waals surface area contributed by atoms with Crippen molar-refractivity contribution >= 4 is 23.5 Å². The number of rotatable bonds is 4. The summed E-state index contributed by atoms with van der Waals surface area (Å²) in [5, 5.41) is 8.35. The largest absolute Gasteiger partial charge is 0.368 e. The molecule has 166 valence electrons. The summed E-state index contributed by atoms with van der Waals surface area (Å²) >= 11 is 6.08. The van der Waals surface area contributed by atoms with E-state index in [-0.39, 0.29) is 17.9 Å². The SMILES string of the molecule is Nc1ncc(-c2ccc(Cl)cc2)c([C@@H]2CCCCN2C(=O)c2cccc(-n3cnnc3)c2)n1. The predicted molar refractivity (Wildman–Crippen MR) is 126 cm³/mol. The fourth-order valence-corrected chi connectivity index (χ4v) is 4.40. The molecule has 9 heteroatoms. The molecule has 1 saturated heterocycles. The van der Waals surface area contributed by atoms with Gasteiger partial charge in [-0.3, -0.25) is 9.36 Å². The van der Waals surface area contributed by atoms with E-state index in [1.807, 2.05) is 53.4 Å². The fraction of sp³-hybridized carbons (Fsp3) is 0.208. The van der Waals surface area contributed by atoms with Crippen LogP contribution in [0.25, 0.3) is 16.8 Å². The van der Waals surface area contributed by atoms with Crippen molar-refractivity contribution in [3.63, 3.8) is 0 Å². The van der Waals surface area contributed by atoms with Gasteiger partial charge in [-0.1, -0.05) is 29.8 Å². The molecule has 1 amide bonds. The lowest BCUT2D eigenvalue weighted by atomic mass is 9.93. The Labute approximate surface area is 196 Å². The lowest BCUT2D eigenvalue weighted by Gasteiger charge is -2.36. The van der Waals surface area contributed by atoms with Gasteiger partial charge in [0.15, 0.2) is 0 Å². The molecule has 0 unspecified atom stereocenters. The zero-order valence-electron chi connectivity index (χ0n) is 17.8. The molecule has 1 aliphatic rings. The number of carbonyl (C=O) groups is 1. The van der Waals surface area contributed by atoms with Gasteiger partial charge in [0.1, 0.15) is 12.7 Å². The Bertz CT molecular complexity index is 1270. The number of benzene rings is 2. The van der Waals surface area contributed by atoms with Crippen molar-refractivity contribution in [3.8, 4) is 16.8 Å². The minimum absolute atomic E-state index is 0.0473. The number of nitrogens with two attached hydrogens (primary N) is 1. The molecule has 2 N–H and O–H groups in total. The van der Waals surface area contributed by atoms with Gasteiger partial charge in [0, 0.05) is 34.6 Å². The monoisotopic (exact) mass is 459 g/mol. The molecule has 0 saturated carbocycles. The van der Waals surface area contributed by atoms with Gasteiger partial charge in [0.25, 0.3) is 5.91 Å². The molecule has 2 aromatic heterocycles. The molecule has 2 aromatic carbocycles.